The van der Waals surface area contributed by atoms with E-state index in [-0.39, 0.29) is 0 Å². The zero-order valence-corrected chi connectivity index (χ0v) is 8.14. The predicted molar refractivity (Wildman–Crippen MR) is 57.3 cm³/mol. The van der Waals surface area contributed by atoms with Crippen molar-refractivity contribution in [2.75, 3.05) is 12.4 Å². The summed E-state index contributed by atoms with van der Waals surface area (Å²) in [5.41, 5.74) is 2.41. The molecule has 0 atom stereocenters. The van der Waals surface area contributed by atoms with Crippen LogP contribution in [0, 0.1) is 0 Å². The van der Waals surface area contributed by atoms with Crippen molar-refractivity contribution in [3.05, 3.63) is 48.5 Å². The number of rotatable bonds is 3. The van der Waals surface area contributed by atoms with Crippen molar-refractivity contribution in [1.82, 2.24) is 9.55 Å². The maximum Gasteiger partial charge on any atom is 0.0949 e. The molecule has 0 spiro atoms. The van der Waals surface area contributed by atoms with Gasteiger partial charge in [-0.3, -0.25) is 0 Å². The van der Waals surface area contributed by atoms with Crippen molar-refractivity contribution in [1.29, 1.82) is 0 Å². The van der Waals surface area contributed by atoms with Crippen LogP contribution in [-0.2, 0) is 6.54 Å². The van der Waals surface area contributed by atoms with Gasteiger partial charge in [-0.25, -0.2) is 4.98 Å². The lowest BCUT2D eigenvalue weighted by molar-refractivity contribution is 0.797. The summed E-state index contributed by atoms with van der Waals surface area (Å²) in [5.74, 6) is 0. The first-order valence-corrected chi connectivity index (χ1v) is 4.61. The zero-order valence-electron chi connectivity index (χ0n) is 8.14. The minimum atomic E-state index is 0.871. The van der Waals surface area contributed by atoms with Crippen LogP contribution in [0.25, 0.3) is 0 Å². The SMILES string of the molecule is CNc1cccc(Cn2ccnc2)c1. The first-order valence-electron chi connectivity index (χ1n) is 4.61. The number of hydrogen-bond acceptors (Lipinski definition) is 2. The molecular weight excluding hydrogens is 174 g/mol. The highest BCUT2D eigenvalue weighted by atomic mass is 15.0. The standard InChI is InChI=1S/C11H13N3/c1-12-11-4-2-3-10(7-11)8-14-6-5-13-9-14/h2-7,9,12H,8H2,1H3. The molecule has 0 saturated heterocycles. The fraction of sp³-hybridized carbons (Fsp3) is 0.182. The summed E-state index contributed by atoms with van der Waals surface area (Å²) in [6.45, 7) is 0.871. The van der Waals surface area contributed by atoms with Gasteiger partial charge in [0.25, 0.3) is 0 Å². The van der Waals surface area contributed by atoms with E-state index in [1.54, 1.807) is 6.20 Å². The topological polar surface area (TPSA) is 29.9 Å². The van der Waals surface area contributed by atoms with E-state index in [9.17, 15) is 0 Å². The fourth-order valence-electron chi connectivity index (χ4n) is 1.42. The van der Waals surface area contributed by atoms with Gasteiger partial charge >= 0.3 is 0 Å². The van der Waals surface area contributed by atoms with E-state index in [4.69, 9.17) is 0 Å². The normalized spacial score (nSPS) is 10.1. The van der Waals surface area contributed by atoms with Crippen LogP contribution in [0.15, 0.2) is 43.0 Å². The Kier molecular flexibility index (Phi) is 2.49. The lowest BCUT2D eigenvalue weighted by Crippen LogP contribution is -1.97. The van der Waals surface area contributed by atoms with Gasteiger partial charge < -0.3 is 9.88 Å². The van der Waals surface area contributed by atoms with Crippen molar-refractivity contribution in [3.8, 4) is 0 Å². The number of anilines is 1. The van der Waals surface area contributed by atoms with Gasteiger partial charge in [0.05, 0.1) is 6.33 Å². The Morgan fingerprint density at radius 1 is 1.43 bits per heavy atom. The molecule has 1 heterocycles. The molecule has 0 amide bonds. The van der Waals surface area contributed by atoms with Crippen LogP contribution in [-0.4, -0.2) is 16.6 Å². The van der Waals surface area contributed by atoms with E-state index < -0.39 is 0 Å². The Bertz CT molecular complexity index is 393. The van der Waals surface area contributed by atoms with E-state index >= 15 is 0 Å². The molecule has 0 radical (unpaired) electrons. The molecule has 1 N–H and O–H groups in total. The van der Waals surface area contributed by atoms with Crippen molar-refractivity contribution in [3.63, 3.8) is 0 Å². The van der Waals surface area contributed by atoms with E-state index in [0.717, 1.165) is 12.2 Å². The molecule has 0 aliphatic carbocycles. The molecule has 72 valence electrons. The Morgan fingerprint density at radius 3 is 3.07 bits per heavy atom. The summed E-state index contributed by atoms with van der Waals surface area (Å²) >= 11 is 0. The van der Waals surface area contributed by atoms with E-state index in [1.807, 2.05) is 19.6 Å². The van der Waals surface area contributed by atoms with Crippen molar-refractivity contribution in [2.45, 2.75) is 6.54 Å². The molecule has 0 aliphatic heterocycles. The van der Waals surface area contributed by atoms with Crippen LogP contribution in [0.5, 0.6) is 0 Å². The number of aromatic nitrogens is 2. The van der Waals surface area contributed by atoms with Crippen LogP contribution >= 0.6 is 0 Å². The predicted octanol–water partition coefficient (Wildman–Crippen LogP) is 1.97. The largest absolute Gasteiger partial charge is 0.388 e. The summed E-state index contributed by atoms with van der Waals surface area (Å²) in [6, 6.07) is 8.36. The molecule has 3 heteroatoms. The molecule has 0 aliphatic rings. The highest BCUT2D eigenvalue weighted by Crippen LogP contribution is 2.10. The first kappa shape index (κ1) is 8.81. The molecule has 0 unspecified atom stereocenters. The van der Waals surface area contributed by atoms with Crippen molar-refractivity contribution < 1.29 is 0 Å². The highest BCUT2D eigenvalue weighted by Gasteiger charge is 1.95. The minimum Gasteiger partial charge on any atom is -0.388 e. The van der Waals surface area contributed by atoms with Gasteiger partial charge in [0.15, 0.2) is 0 Å². The van der Waals surface area contributed by atoms with Crippen LogP contribution in [0.4, 0.5) is 5.69 Å². The molecule has 3 nitrogen and oxygen atoms in total. The first-order chi connectivity index (χ1) is 6.88. The summed E-state index contributed by atoms with van der Waals surface area (Å²) in [6.07, 6.45) is 5.58. The molecule has 14 heavy (non-hydrogen) atoms. The second-order valence-corrected chi connectivity index (χ2v) is 3.19. The van der Waals surface area contributed by atoms with Gasteiger partial charge in [0.2, 0.25) is 0 Å². The van der Waals surface area contributed by atoms with E-state index in [2.05, 4.69) is 39.1 Å². The summed E-state index contributed by atoms with van der Waals surface area (Å²) in [7, 11) is 1.93. The van der Waals surface area contributed by atoms with Gasteiger partial charge in [0, 0.05) is 31.7 Å². The lowest BCUT2D eigenvalue weighted by Gasteiger charge is -2.05. The van der Waals surface area contributed by atoms with Crippen molar-refractivity contribution >= 4 is 5.69 Å². The molecule has 2 rings (SSSR count). The summed E-state index contributed by atoms with van der Waals surface area (Å²) < 4.78 is 2.05. The lowest BCUT2D eigenvalue weighted by atomic mass is 10.2. The van der Waals surface area contributed by atoms with Gasteiger partial charge in [-0.15, -0.1) is 0 Å². The van der Waals surface area contributed by atoms with E-state index in [1.165, 1.54) is 5.56 Å². The smallest absolute Gasteiger partial charge is 0.0949 e. The minimum absolute atomic E-state index is 0.871. The van der Waals surface area contributed by atoms with Crippen LogP contribution in [0.3, 0.4) is 0 Å². The average Bonchev–Trinajstić information content (AvgIpc) is 2.71. The van der Waals surface area contributed by atoms with E-state index in [0.29, 0.717) is 0 Å². The summed E-state index contributed by atoms with van der Waals surface area (Å²) in [5, 5.41) is 3.12. The third kappa shape index (κ3) is 1.93. The molecule has 0 bridgehead atoms. The second kappa shape index (κ2) is 3.96. The monoisotopic (exact) mass is 187 g/mol. The Morgan fingerprint density at radius 2 is 2.36 bits per heavy atom. The molecule has 1 aromatic heterocycles. The number of nitrogens with zero attached hydrogens (tertiary/aromatic N) is 2. The number of nitrogens with one attached hydrogen (secondary N) is 1. The number of benzene rings is 1. The fourth-order valence-corrected chi connectivity index (χ4v) is 1.42. The molecule has 1 aromatic carbocycles. The van der Waals surface area contributed by atoms with Crippen LogP contribution < -0.4 is 5.32 Å². The zero-order chi connectivity index (χ0) is 9.80. The Labute approximate surface area is 83.4 Å². The Hall–Kier alpha value is -1.77. The quantitative estimate of drug-likeness (QED) is 0.796. The third-order valence-electron chi connectivity index (χ3n) is 2.14. The van der Waals surface area contributed by atoms with Crippen LogP contribution in [0.2, 0.25) is 0 Å². The summed E-state index contributed by atoms with van der Waals surface area (Å²) in [4.78, 5) is 4.01. The van der Waals surface area contributed by atoms with Crippen LogP contribution in [0.1, 0.15) is 5.56 Å². The molecule has 0 fully saturated rings. The van der Waals surface area contributed by atoms with Gasteiger partial charge in [-0.2, -0.15) is 0 Å². The molecular formula is C11H13N3. The maximum absolute atomic E-state index is 4.01. The maximum atomic E-state index is 4.01. The molecule has 2 aromatic rings. The number of imidazole rings is 1. The average molecular weight is 187 g/mol. The molecule has 0 saturated carbocycles. The second-order valence-electron chi connectivity index (χ2n) is 3.19. The van der Waals surface area contributed by atoms with Gasteiger partial charge in [-0.05, 0) is 17.7 Å². The van der Waals surface area contributed by atoms with Crippen molar-refractivity contribution in [2.24, 2.45) is 0 Å². The van der Waals surface area contributed by atoms with Gasteiger partial charge in [-0.1, -0.05) is 12.1 Å². The Balaban J connectivity index is 2.17. The number of hydrogen-bond donors (Lipinski definition) is 1. The third-order valence-corrected chi connectivity index (χ3v) is 2.14. The van der Waals surface area contributed by atoms with Gasteiger partial charge in [0.1, 0.15) is 0 Å². The highest BCUT2D eigenvalue weighted by molar-refractivity contribution is 5.45.